The lowest BCUT2D eigenvalue weighted by molar-refractivity contribution is -0.150. The number of nitrogens with zero attached hydrogens (tertiary/aromatic N) is 1. The molecule has 1 aliphatic heterocycles. The molecule has 0 aromatic heterocycles. The third-order valence-electron chi connectivity index (χ3n) is 4.93. The fourth-order valence-electron chi connectivity index (χ4n) is 3.43. The second-order valence-electron chi connectivity index (χ2n) is 6.83. The lowest BCUT2D eigenvalue weighted by atomic mass is 9.78. The van der Waals surface area contributed by atoms with E-state index in [2.05, 4.69) is 11.4 Å². The summed E-state index contributed by atoms with van der Waals surface area (Å²) in [4.78, 5) is 25.4. The maximum atomic E-state index is 12.9. The highest BCUT2D eigenvalue weighted by molar-refractivity contribution is 8.02. The van der Waals surface area contributed by atoms with Gasteiger partial charge >= 0.3 is 5.97 Å². The Bertz CT molecular complexity index is 1110. The lowest BCUT2D eigenvalue weighted by Gasteiger charge is -2.31. The Morgan fingerprint density at radius 1 is 1.22 bits per heavy atom. The average Bonchev–Trinajstić information content (AvgIpc) is 2.79. The first-order valence-electron chi connectivity index (χ1n) is 9.72. The van der Waals surface area contributed by atoms with Crippen molar-refractivity contribution in [1.82, 2.24) is 5.32 Å². The summed E-state index contributed by atoms with van der Waals surface area (Å²) in [6.45, 7) is 2.27. The molecule has 9 heteroatoms. The molecule has 32 heavy (non-hydrogen) atoms. The van der Waals surface area contributed by atoms with Crippen LogP contribution in [0.4, 0.5) is 0 Å². The summed E-state index contributed by atoms with van der Waals surface area (Å²) in [5.74, 6) is -2.46. The van der Waals surface area contributed by atoms with Gasteiger partial charge in [-0.25, -0.2) is 0 Å². The molecule has 1 aliphatic rings. The maximum Gasteiger partial charge on any atom is 0.319 e. The van der Waals surface area contributed by atoms with Gasteiger partial charge in [0, 0.05) is 16.7 Å². The standard InChI is InChI=1S/C23H20Cl2N2O4S/c1-3-31-18-9-8-13(10-17(18)25)19-15(11-26)22(27-21(28)20(19)23(29)30-2)32-12-14-6-4-5-7-16(14)24/h4-10,19-20H,3,12H2,1-2H3,(H,27,28)/t19-,20-/m1/s1. The minimum absolute atomic E-state index is 0.247. The zero-order valence-electron chi connectivity index (χ0n) is 17.4. The van der Waals surface area contributed by atoms with Crippen LogP contribution in [0.1, 0.15) is 24.0 Å². The monoisotopic (exact) mass is 490 g/mol. The quantitative estimate of drug-likeness (QED) is 0.430. The Hall–Kier alpha value is -2.66. The third kappa shape index (κ3) is 5.04. The molecule has 6 nitrogen and oxygen atoms in total. The summed E-state index contributed by atoms with van der Waals surface area (Å²) in [5.41, 5.74) is 1.64. The van der Waals surface area contributed by atoms with E-state index >= 15 is 0 Å². The van der Waals surface area contributed by atoms with Crippen LogP contribution in [0.5, 0.6) is 5.75 Å². The van der Waals surface area contributed by atoms with Gasteiger partial charge in [-0.15, -0.1) is 11.8 Å². The summed E-state index contributed by atoms with van der Waals surface area (Å²) < 4.78 is 10.3. The first-order chi connectivity index (χ1) is 15.4. The molecule has 3 rings (SSSR count). The van der Waals surface area contributed by atoms with Crippen LogP contribution < -0.4 is 10.1 Å². The zero-order valence-corrected chi connectivity index (χ0v) is 19.7. The number of carbonyl (C=O) groups excluding carboxylic acids is 2. The van der Waals surface area contributed by atoms with Gasteiger partial charge in [-0.1, -0.05) is 47.5 Å². The molecular weight excluding hydrogens is 471 g/mol. The van der Waals surface area contributed by atoms with Crippen LogP contribution in [0.2, 0.25) is 10.0 Å². The highest BCUT2D eigenvalue weighted by atomic mass is 35.5. The van der Waals surface area contributed by atoms with Crippen molar-refractivity contribution in [1.29, 1.82) is 5.26 Å². The molecule has 0 unspecified atom stereocenters. The molecule has 2 aromatic carbocycles. The van der Waals surface area contributed by atoms with Crippen molar-refractivity contribution in [2.24, 2.45) is 5.92 Å². The molecule has 0 spiro atoms. The van der Waals surface area contributed by atoms with E-state index in [0.29, 0.717) is 38.7 Å². The largest absolute Gasteiger partial charge is 0.492 e. The van der Waals surface area contributed by atoms with Gasteiger partial charge in [0.15, 0.2) is 0 Å². The number of halogens is 2. The van der Waals surface area contributed by atoms with Crippen molar-refractivity contribution in [3.8, 4) is 11.8 Å². The molecule has 0 radical (unpaired) electrons. The number of allylic oxidation sites excluding steroid dienone is 1. The summed E-state index contributed by atoms with van der Waals surface area (Å²) in [5, 5.41) is 14.0. The second-order valence-corrected chi connectivity index (χ2v) is 8.63. The highest BCUT2D eigenvalue weighted by Gasteiger charge is 2.44. The van der Waals surface area contributed by atoms with Crippen molar-refractivity contribution in [3.05, 3.63) is 74.2 Å². The molecule has 0 fully saturated rings. The maximum absolute atomic E-state index is 12.9. The number of methoxy groups -OCH3 is 1. The molecule has 1 N–H and O–H groups in total. The van der Waals surface area contributed by atoms with Crippen LogP contribution in [0, 0.1) is 17.2 Å². The van der Waals surface area contributed by atoms with Gasteiger partial charge in [-0.05, 0) is 36.2 Å². The van der Waals surface area contributed by atoms with Gasteiger partial charge in [0.25, 0.3) is 0 Å². The molecule has 2 atom stereocenters. The van der Waals surface area contributed by atoms with E-state index in [9.17, 15) is 14.9 Å². The van der Waals surface area contributed by atoms with Gasteiger partial charge < -0.3 is 14.8 Å². The Morgan fingerprint density at radius 2 is 1.97 bits per heavy atom. The van der Waals surface area contributed by atoms with Gasteiger partial charge in [-0.2, -0.15) is 5.26 Å². The number of carbonyl (C=O) groups is 2. The predicted molar refractivity (Wildman–Crippen MR) is 124 cm³/mol. The van der Waals surface area contributed by atoms with Crippen molar-refractivity contribution in [3.63, 3.8) is 0 Å². The molecule has 0 saturated heterocycles. The van der Waals surface area contributed by atoms with E-state index in [1.54, 1.807) is 24.3 Å². The molecule has 1 heterocycles. The lowest BCUT2D eigenvalue weighted by Crippen LogP contribution is -2.44. The average molecular weight is 491 g/mol. The summed E-state index contributed by atoms with van der Waals surface area (Å²) >= 11 is 13.9. The molecule has 0 bridgehead atoms. The topological polar surface area (TPSA) is 88.4 Å². The minimum Gasteiger partial charge on any atom is -0.492 e. The van der Waals surface area contributed by atoms with Crippen molar-refractivity contribution in [2.45, 2.75) is 18.6 Å². The summed E-state index contributed by atoms with van der Waals surface area (Å²) in [6.07, 6.45) is 0. The number of nitrogens with one attached hydrogen (secondary N) is 1. The SMILES string of the molecule is CCOc1ccc([C@@H]2C(C#N)=C(SCc3ccccc3Cl)NC(=O)[C@@H]2C(=O)OC)cc1Cl. The van der Waals surface area contributed by atoms with Crippen LogP contribution in [0.25, 0.3) is 0 Å². The van der Waals surface area contributed by atoms with Crippen LogP contribution in [-0.2, 0) is 20.1 Å². The zero-order chi connectivity index (χ0) is 23.3. The third-order valence-corrected chi connectivity index (χ3v) is 6.66. The Balaban J connectivity index is 2.05. The number of rotatable bonds is 7. The number of ether oxygens (including phenoxy) is 2. The van der Waals surface area contributed by atoms with Crippen molar-refractivity contribution in [2.75, 3.05) is 13.7 Å². The summed E-state index contributed by atoms with van der Waals surface area (Å²) in [7, 11) is 1.20. The van der Waals surface area contributed by atoms with E-state index in [4.69, 9.17) is 32.7 Å². The molecule has 0 aliphatic carbocycles. The number of nitriles is 1. The molecule has 166 valence electrons. The first kappa shape index (κ1) is 24.0. The van der Waals surface area contributed by atoms with E-state index < -0.39 is 23.7 Å². The number of esters is 1. The van der Waals surface area contributed by atoms with Gasteiger partial charge in [0.2, 0.25) is 5.91 Å². The van der Waals surface area contributed by atoms with Crippen LogP contribution in [0.15, 0.2) is 53.1 Å². The number of hydrogen-bond donors (Lipinski definition) is 1. The first-order valence-corrected chi connectivity index (χ1v) is 11.5. The predicted octanol–water partition coefficient (Wildman–Crippen LogP) is 5.06. The molecule has 0 saturated carbocycles. The summed E-state index contributed by atoms with van der Waals surface area (Å²) in [6, 6.07) is 14.5. The highest BCUT2D eigenvalue weighted by Crippen LogP contribution is 2.42. The Labute approximate surface area is 200 Å². The molecule has 2 aromatic rings. The fourth-order valence-corrected chi connectivity index (χ4v) is 5.01. The second kappa shape index (κ2) is 10.8. The minimum atomic E-state index is -1.23. The fraction of sp³-hybridized carbons (Fsp3) is 0.261. The van der Waals surface area contributed by atoms with E-state index in [1.165, 1.54) is 18.9 Å². The number of benzene rings is 2. The number of amides is 1. The molecule has 1 amide bonds. The van der Waals surface area contributed by atoms with Gasteiger partial charge in [0.1, 0.15) is 11.7 Å². The smallest absolute Gasteiger partial charge is 0.319 e. The van der Waals surface area contributed by atoms with Crippen LogP contribution in [-0.4, -0.2) is 25.6 Å². The molecular formula is C23H20Cl2N2O4S. The van der Waals surface area contributed by atoms with Crippen LogP contribution in [0.3, 0.4) is 0 Å². The van der Waals surface area contributed by atoms with E-state index in [0.717, 1.165) is 5.56 Å². The van der Waals surface area contributed by atoms with E-state index in [1.807, 2.05) is 25.1 Å². The van der Waals surface area contributed by atoms with Gasteiger partial charge in [0.05, 0.1) is 35.4 Å². The normalized spacial score (nSPS) is 18.0. The van der Waals surface area contributed by atoms with Crippen molar-refractivity contribution >= 4 is 46.8 Å². The Kier molecular flexibility index (Phi) is 8.08. The van der Waals surface area contributed by atoms with E-state index in [-0.39, 0.29) is 5.57 Å². The van der Waals surface area contributed by atoms with Gasteiger partial charge in [-0.3, -0.25) is 9.59 Å². The van der Waals surface area contributed by atoms with Crippen molar-refractivity contribution < 1.29 is 19.1 Å². The number of thioether (sulfide) groups is 1. The Morgan fingerprint density at radius 3 is 2.59 bits per heavy atom. The number of hydrogen-bond acceptors (Lipinski definition) is 6. The van der Waals surface area contributed by atoms with Crippen LogP contribution >= 0.6 is 35.0 Å².